The van der Waals surface area contributed by atoms with Gasteiger partial charge in [-0.2, -0.15) is 0 Å². The van der Waals surface area contributed by atoms with E-state index in [0.717, 1.165) is 36.8 Å². The summed E-state index contributed by atoms with van der Waals surface area (Å²) in [6, 6.07) is 15.9. The molecule has 2 aromatic carbocycles. The Labute approximate surface area is 161 Å². The number of phenolic OH excluding ortho intramolecular Hbond substituents is 1. The van der Waals surface area contributed by atoms with Crippen molar-refractivity contribution in [1.82, 2.24) is 0 Å². The Morgan fingerprint density at radius 1 is 1.22 bits per heavy atom. The maximum atomic E-state index is 13.3. The van der Waals surface area contributed by atoms with Crippen LogP contribution in [-0.2, 0) is 16.6 Å². The lowest BCUT2D eigenvalue weighted by Gasteiger charge is -2.51. The summed E-state index contributed by atoms with van der Waals surface area (Å²) in [6.45, 7) is 6.24. The first kappa shape index (κ1) is 17.8. The smallest absolute Gasteiger partial charge is 0.166 e. The highest BCUT2D eigenvalue weighted by Crippen LogP contribution is 2.55. The quantitative estimate of drug-likeness (QED) is 0.584. The van der Waals surface area contributed by atoms with Crippen LogP contribution in [0.4, 0.5) is 0 Å². The molecule has 4 rings (SSSR count). The minimum Gasteiger partial charge on any atom is -0.508 e. The van der Waals surface area contributed by atoms with Gasteiger partial charge in [-0.1, -0.05) is 49.4 Å². The van der Waals surface area contributed by atoms with E-state index in [2.05, 4.69) is 25.6 Å². The largest absolute Gasteiger partial charge is 0.508 e. The van der Waals surface area contributed by atoms with Gasteiger partial charge in [0.25, 0.3) is 0 Å². The van der Waals surface area contributed by atoms with Crippen LogP contribution in [0, 0.1) is 11.8 Å². The molecule has 2 aliphatic carbocycles. The molecule has 0 spiro atoms. The monoisotopic (exact) mass is 358 g/mol. The molecule has 1 N–H and O–H groups in total. The zero-order chi connectivity index (χ0) is 19.0. The Bertz CT molecular complexity index is 909. The van der Waals surface area contributed by atoms with E-state index in [1.165, 1.54) is 11.1 Å². The van der Waals surface area contributed by atoms with Crippen molar-refractivity contribution in [2.75, 3.05) is 0 Å². The van der Waals surface area contributed by atoms with Gasteiger partial charge in [-0.3, -0.25) is 4.79 Å². The van der Waals surface area contributed by atoms with E-state index in [4.69, 9.17) is 0 Å². The molecule has 1 fully saturated rings. The first-order chi connectivity index (χ1) is 13.1. The molecule has 1 saturated carbocycles. The molecule has 27 heavy (non-hydrogen) atoms. The molecule has 0 radical (unpaired) electrons. The lowest BCUT2D eigenvalue weighted by atomic mass is 9.51. The lowest BCUT2D eigenvalue weighted by Crippen LogP contribution is -2.49. The van der Waals surface area contributed by atoms with Gasteiger partial charge in [0.2, 0.25) is 0 Å². The number of aromatic hydroxyl groups is 1. The van der Waals surface area contributed by atoms with Crippen LogP contribution in [0.15, 0.2) is 66.8 Å². The predicted octanol–water partition coefficient (Wildman–Crippen LogP) is 5.46. The van der Waals surface area contributed by atoms with E-state index < -0.39 is 0 Å². The summed E-state index contributed by atoms with van der Waals surface area (Å²) in [5.41, 5.74) is 4.41. The number of hydrogen-bond acceptors (Lipinski definition) is 2. The van der Waals surface area contributed by atoms with E-state index in [1.807, 2.05) is 42.5 Å². The van der Waals surface area contributed by atoms with Crippen molar-refractivity contribution in [2.24, 2.45) is 11.8 Å². The minimum atomic E-state index is -0.143. The SMILES string of the molecule is C=CC1C(=O)C(=Cc2ccccc2)C[C@@]2(CC)c3ccc(O)cc3CC[C@H]12. The summed E-state index contributed by atoms with van der Waals surface area (Å²) in [7, 11) is 0. The fourth-order valence-electron chi connectivity index (χ4n) is 5.35. The highest BCUT2D eigenvalue weighted by atomic mass is 16.3. The number of benzene rings is 2. The minimum absolute atomic E-state index is 0.0747. The van der Waals surface area contributed by atoms with Crippen LogP contribution in [0.2, 0.25) is 0 Å². The average molecular weight is 358 g/mol. The highest BCUT2D eigenvalue weighted by Gasteiger charge is 2.51. The van der Waals surface area contributed by atoms with Crippen LogP contribution in [-0.4, -0.2) is 10.9 Å². The van der Waals surface area contributed by atoms with Crippen LogP contribution in [0.1, 0.15) is 42.9 Å². The van der Waals surface area contributed by atoms with Crippen molar-refractivity contribution in [1.29, 1.82) is 0 Å². The Morgan fingerprint density at radius 3 is 2.70 bits per heavy atom. The number of hydrogen-bond donors (Lipinski definition) is 1. The lowest BCUT2D eigenvalue weighted by molar-refractivity contribution is -0.122. The molecule has 138 valence electrons. The Hall–Kier alpha value is -2.61. The Morgan fingerprint density at radius 2 is 2.00 bits per heavy atom. The molecular formula is C25H26O2. The fourth-order valence-corrected chi connectivity index (χ4v) is 5.35. The number of Topliss-reactive ketones (excluding diaryl/α,β-unsaturated/α-hetero) is 1. The van der Waals surface area contributed by atoms with Crippen LogP contribution >= 0.6 is 0 Å². The molecule has 0 amide bonds. The molecule has 0 aromatic heterocycles. The zero-order valence-corrected chi connectivity index (χ0v) is 15.8. The van der Waals surface area contributed by atoms with Crippen molar-refractivity contribution < 1.29 is 9.90 Å². The van der Waals surface area contributed by atoms with Gasteiger partial charge in [-0.25, -0.2) is 0 Å². The maximum Gasteiger partial charge on any atom is 0.166 e. The van der Waals surface area contributed by atoms with Gasteiger partial charge in [0.05, 0.1) is 0 Å². The third-order valence-electron chi connectivity index (χ3n) is 6.64. The third-order valence-corrected chi connectivity index (χ3v) is 6.64. The Balaban J connectivity index is 1.87. The van der Waals surface area contributed by atoms with E-state index in [9.17, 15) is 9.90 Å². The van der Waals surface area contributed by atoms with E-state index in [0.29, 0.717) is 5.75 Å². The second-order valence-corrected chi connectivity index (χ2v) is 7.88. The van der Waals surface area contributed by atoms with Crippen LogP contribution in [0.25, 0.3) is 6.08 Å². The molecule has 2 aromatic rings. The summed E-state index contributed by atoms with van der Waals surface area (Å²) in [5.74, 6) is 0.684. The topological polar surface area (TPSA) is 37.3 Å². The first-order valence-corrected chi connectivity index (χ1v) is 9.84. The van der Waals surface area contributed by atoms with Crippen LogP contribution < -0.4 is 0 Å². The number of phenols is 1. The summed E-state index contributed by atoms with van der Waals surface area (Å²) in [6.07, 6.45) is 7.52. The third kappa shape index (κ3) is 2.84. The van der Waals surface area contributed by atoms with Gasteiger partial charge in [0.15, 0.2) is 5.78 Å². The van der Waals surface area contributed by atoms with Gasteiger partial charge < -0.3 is 5.11 Å². The van der Waals surface area contributed by atoms with Gasteiger partial charge in [-0.15, -0.1) is 6.58 Å². The van der Waals surface area contributed by atoms with Crippen molar-refractivity contribution >= 4 is 11.9 Å². The van der Waals surface area contributed by atoms with E-state index >= 15 is 0 Å². The number of rotatable bonds is 3. The Kier molecular flexibility index (Phi) is 4.51. The summed E-state index contributed by atoms with van der Waals surface area (Å²) in [4.78, 5) is 13.3. The summed E-state index contributed by atoms with van der Waals surface area (Å²) >= 11 is 0. The van der Waals surface area contributed by atoms with Gasteiger partial charge in [0, 0.05) is 11.3 Å². The summed E-state index contributed by atoms with van der Waals surface area (Å²) < 4.78 is 0. The van der Waals surface area contributed by atoms with Crippen molar-refractivity contribution in [3.05, 3.63) is 83.4 Å². The molecule has 3 atom stereocenters. The fraction of sp³-hybridized carbons (Fsp3) is 0.320. The maximum absolute atomic E-state index is 13.3. The highest BCUT2D eigenvalue weighted by molar-refractivity contribution is 6.03. The number of carbonyl (C=O) groups excluding carboxylic acids is 1. The second kappa shape index (κ2) is 6.84. The number of allylic oxidation sites excluding steroid dienone is 2. The average Bonchev–Trinajstić information content (AvgIpc) is 2.69. The zero-order valence-electron chi connectivity index (χ0n) is 15.8. The predicted molar refractivity (Wildman–Crippen MR) is 110 cm³/mol. The molecule has 0 saturated heterocycles. The molecule has 2 nitrogen and oxygen atoms in total. The molecule has 0 bridgehead atoms. The van der Waals surface area contributed by atoms with E-state index in [1.54, 1.807) is 6.07 Å². The number of fused-ring (bicyclic) bond motifs is 3. The normalized spacial score (nSPS) is 28.5. The molecular weight excluding hydrogens is 332 g/mol. The standard InChI is InChI=1S/C25H26O2/c1-3-21-23-12-10-18-15-20(26)11-13-22(18)25(23,4-2)16-19(24(21)27)14-17-8-6-5-7-9-17/h3,5-9,11,13-15,21,23,26H,1,4,10,12,16H2,2H3/t21?,23-,25+/m1/s1. The molecule has 2 aliphatic rings. The number of ketones is 1. The van der Waals surface area contributed by atoms with E-state index in [-0.39, 0.29) is 23.0 Å². The van der Waals surface area contributed by atoms with Gasteiger partial charge >= 0.3 is 0 Å². The van der Waals surface area contributed by atoms with Crippen molar-refractivity contribution in [3.8, 4) is 5.75 Å². The van der Waals surface area contributed by atoms with Crippen LogP contribution in [0.5, 0.6) is 5.75 Å². The number of aryl methyl sites for hydroxylation is 1. The van der Waals surface area contributed by atoms with Crippen molar-refractivity contribution in [3.63, 3.8) is 0 Å². The second-order valence-electron chi connectivity index (χ2n) is 7.88. The van der Waals surface area contributed by atoms with Crippen LogP contribution in [0.3, 0.4) is 0 Å². The molecule has 0 aliphatic heterocycles. The molecule has 0 heterocycles. The van der Waals surface area contributed by atoms with Gasteiger partial charge in [0.1, 0.15) is 5.75 Å². The molecule has 1 unspecified atom stereocenters. The molecule has 2 heteroatoms. The van der Waals surface area contributed by atoms with Crippen molar-refractivity contribution in [2.45, 2.75) is 38.0 Å². The summed E-state index contributed by atoms with van der Waals surface area (Å²) in [5, 5.41) is 9.95. The first-order valence-electron chi connectivity index (χ1n) is 9.84. The van der Waals surface area contributed by atoms with Gasteiger partial charge in [-0.05, 0) is 72.1 Å². The number of carbonyl (C=O) groups is 1.